The van der Waals surface area contributed by atoms with E-state index in [2.05, 4.69) is 39.0 Å². The fraction of sp³-hybridized carbons (Fsp3) is 0.467. The molecule has 3 rings (SSSR count). The zero-order chi connectivity index (χ0) is 15.5. The van der Waals surface area contributed by atoms with Gasteiger partial charge in [-0.1, -0.05) is 36.0 Å². The first-order chi connectivity index (χ1) is 10.6. The van der Waals surface area contributed by atoms with Crippen LogP contribution in [0.2, 0.25) is 0 Å². The monoisotopic (exact) mass is 317 g/mol. The van der Waals surface area contributed by atoms with Crippen LogP contribution in [-0.2, 0) is 18.3 Å². The van der Waals surface area contributed by atoms with Gasteiger partial charge >= 0.3 is 0 Å². The summed E-state index contributed by atoms with van der Waals surface area (Å²) in [6.07, 6.45) is 3.19. The molecular formula is C15H19N5OS. The quantitative estimate of drug-likeness (QED) is 0.872. The second kappa shape index (κ2) is 6.48. The van der Waals surface area contributed by atoms with E-state index >= 15 is 0 Å². The van der Waals surface area contributed by atoms with Gasteiger partial charge in [-0.2, -0.15) is 0 Å². The molecule has 0 bridgehead atoms. The Morgan fingerprint density at radius 2 is 2.27 bits per heavy atom. The molecule has 0 radical (unpaired) electrons. The largest absolute Gasteiger partial charge is 0.348 e. The van der Waals surface area contributed by atoms with E-state index in [0.717, 1.165) is 19.3 Å². The van der Waals surface area contributed by atoms with Gasteiger partial charge in [-0.15, -0.1) is 5.10 Å². The van der Waals surface area contributed by atoms with E-state index in [1.807, 2.05) is 13.0 Å². The van der Waals surface area contributed by atoms with Crippen molar-refractivity contribution < 1.29 is 4.79 Å². The van der Waals surface area contributed by atoms with Gasteiger partial charge in [0.15, 0.2) is 0 Å². The lowest BCUT2D eigenvalue weighted by Crippen LogP contribution is -2.36. The predicted octanol–water partition coefficient (Wildman–Crippen LogP) is 1.88. The Balaban J connectivity index is 1.66. The SMILES string of the molecule is C[C@H](Sc1nnnn1C)C(=O)N[C@H]1CCCc2ccccc21. The maximum atomic E-state index is 12.4. The van der Waals surface area contributed by atoms with E-state index in [1.54, 1.807) is 11.7 Å². The average Bonchev–Trinajstić information content (AvgIpc) is 2.93. The number of thioether (sulfide) groups is 1. The summed E-state index contributed by atoms with van der Waals surface area (Å²) in [6, 6.07) is 8.47. The summed E-state index contributed by atoms with van der Waals surface area (Å²) in [5.74, 6) is 0.0229. The Kier molecular flexibility index (Phi) is 4.42. The Morgan fingerprint density at radius 1 is 1.45 bits per heavy atom. The maximum absolute atomic E-state index is 12.4. The summed E-state index contributed by atoms with van der Waals surface area (Å²) in [4.78, 5) is 12.4. The predicted molar refractivity (Wildman–Crippen MR) is 84.4 cm³/mol. The number of rotatable bonds is 4. The van der Waals surface area contributed by atoms with Crippen LogP contribution in [0.25, 0.3) is 0 Å². The zero-order valence-electron chi connectivity index (χ0n) is 12.7. The lowest BCUT2D eigenvalue weighted by atomic mass is 9.88. The molecule has 0 saturated heterocycles. The highest BCUT2D eigenvalue weighted by atomic mass is 32.2. The van der Waals surface area contributed by atoms with Crippen LogP contribution in [0, 0.1) is 0 Å². The number of aryl methyl sites for hydroxylation is 2. The van der Waals surface area contributed by atoms with Gasteiger partial charge in [0.25, 0.3) is 0 Å². The molecule has 0 saturated carbocycles. The summed E-state index contributed by atoms with van der Waals surface area (Å²) in [6.45, 7) is 1.88. The third-order valence-electron chi connectivity index (χ3n) is 3.92. The number of tetrazole rings is 1. The molecule has 1 heterocycles. The van der Waals surface area contributed by atoms with Crippen molar-refractivity contribution >= 4 is 17.7 Å². The maximum Gasteiger partial charge on any atom is 0.233 e. The highest BCUT2D eigenvalue weighted by Crippen LogP contribution is 2.30. The van der Waals surface area contributed by atoms with Crippen LogP contribution in [-0.4, -0.2) is 31.4 Å². The number of hydrogen-bond acceptors (Lipinski definition) is 5. The lowest BCUT2D eigenvalue weighted by molar-refractivity contribution is -0.121. The van der Waals surface area contributed by atoms with E-state index in [-0.39, 0.29) is 17.2 Å². The number of benzene rings is 1. The molecule has 22 heavy (non-hydrogen) atoms. The van der Waals surface area contributed by atoms with Crippen LogP contribution in [0.4, 0.5) is 0 Å². The van der Waals surface area contributed by atoms with E-state index in [0.29, 0.717) is 5.16 Å². The van der Waals surface area contributed by atoms with Crippen molar-refractivity contribution in [3.8, 4) is 0 Å². The summed E-state index contributed by atoms with van der Waals surface area (Å²) in [5, 5.41) is 14.9. The van der Waals surface area contributed by atoms with Crippen molar-refractivity contribution in [2.45, 2.75) is 42.6 Å². The highest BCUT2D eigenvalue weighted by molar-refractivity contribution is 8.00. The third kappa shape index (κ3) is 3.14. The molecule has 6 nitrogen and oxygen atoms in total. The van der Waals surface area contributed by atoms with Gasteiger partial charge in [0, 0.05) is 7.05 Å². The van der Waals surface area contributed by atoms with Crippen molar-refractivity contribution in [1.82, 2.24) is 25.5 Å². The molecule has 1 amide bonds. The van der Waals surface area contributed by atoms with Crippen LogP contribution < -0.4 is 5.32 Å². The number of hydrogen-bond donors (Lipinski definition) is 1. The molecule has 1 aliphatic rings. The number of carbonyl (C=O) groups excluding carboxylic acids is 1. The number of nitrogens with one attached hydrogen (secondary N) is 1. The molecule has 7 heteroatoms. The fourth-order valence-electron chi connectivity index (χ4n) is 2.73. The topological polar surface area (TPSA) is 72.7 Å². The lowest BCUT2D eigenvalue weighted by Gasteiger charge is -2.27. The molecule has 2 atom stereocenters. The Labute approximate surface area is 133 Å². The van der Waals surface area contributed by atoms with E-state index < -0.39 is 0 Å². The highest BCUT2D eigenvalue weighted by Gasteiger charge is 2.24. The minimum absolute atomic E-state index is 0.0229. The number of carbonyl (C=O) groups is 1. The number of nitrogens with zero attached hydrogens (tertiary/aromatic N) is 4. The first-order valence-electron chi connectivity index (χ1n) is 7.42. The first-order valence-corrected chi connectivity index (χ1v) is 8.30. The smallest absolute Gasteiger partial charge is 0.233 e. The third-order valence-corrected chi connectivity index (χ3v) is 5.04. The van der Waals surface area contributed by atoms with E-state index in [1.165, 1.54) is 22.9 Å². The molecule has 2 aromatic rings. The summed E-state index contributed by atoms with van der Waals surface area (Å²) in [5.41, 5.74) is 2.59. The molecule has 1 aliphatic carbocycles. The van der Waals surface area contributed by atoms with Gasteiger partial charge in [0.2, 0.25) is 11.1 Å². The second-order valence-electron chi connectivity index (χ2n) is 5.50. The number of aromatic nitrogens is 4. The van der Waals surface area contributed by atoms with Crippen molar-refractivity contribution in [1.29, 1.82) is 0 Å². The van der Waals surface area contributed by atoms with Crippen LogP contribution >= 0.6 is 11.8 Å². The van der Waals surface area contributed by atoms with Gasteiger partial charge < -0.3 is 5.32 Å². The molecule has 1 N–H and O–H groups in total. The van der Waals surface area contributed by atoms with Crippen molar-refractivity contribution in [3.63, 3.8) is 0 Å². The molecule has 1 aromatic heterocycles. The van der Waals surface area contributed by atoms with E-state index in [4.69, 9.17) is 0 Å². The van der Waals surface area contributed by atoms with Crippen LogP contribution in [0.5, 0.6) is 0 Å². The zero-order valence-corrected chi connectivity index (χ0v) is 13.5. The van der Waals surface area contributed by atoms with Crippen molar-refractivity contribution in [3.05, 3.63) is 35.4 Å². The minimum Gasteiger partial charge on any atom is -0.348 e. The standard InChI is InChI=1S/C15H19N5OS/c1-10(22-15-17-18-19-20(15)2)14(21)16-13-9-5-7-11-6-3-4-8-12(11)13/h3-4,6,8,10,13H,5,7,9H2,1-2H3,(H,16,21)/t10-,13-/m0/s1. The molecule has 0 aliphatic heterocycles. The van der Waals surface area contributed by atoms with Crippen LogP contribution in [0.15, 0.2) is 29.4 Å². The van der Waals surface area contributed by atoms with Gasteiger partial charge in [-0.3, -0.25) is 4.79 Å². The Bertz CT molecular complexity index is 671. The summed E-state index contributed by atoms with van der Waals surface area (Å²) >= 11 is 1.37. The molecule has 0 fully saturated rings. The average molecular weight is 317 g/mol. The fourth-order valence-corrected chi connectivity index (χ4v) is 3.49. The van der Waals surface area contributed by atoms with Gasteiger partial charge in [-0.05, 0) is 47.7 Å². The first kappa shape index (κ1) is 15.0. The Morgan fingerprint density at radius 3 is 3.05 bits per heavy atom. The molecule has 0 unspecified atom stereocenters. The Hall–Kier alpha value is -1.89. The van der Waals surface area contributed by atoms with Crippen molar-refractivity contribution in [2.75, 3.05) is 0 Å². The van der Waals surface area contributed by atoms with Crippen LogP contribution in [0.1, 0.15) is 36.9 Å². The molecule has 116 valence electrons. The normalized spacial score (nSPS) is 18.5. The molecule has 0 spiro atoms. The number of fused-ring (bicyclic) bond motifs is 1. The minimum atomic E-state index is -0.237. The second-order valence-corrected chi connectivity index (χ2v) is 6.81. The van der Waals surface area contributed by atoms with Gasteiger partial charge in [-0.25, -0.2) is 4.68 Å². The summed E-state index contributed by atoms with van der Waals surface area (Å²) < 4.78 is 1.57. The number of amides is 1. The van der Waals surface area contributed by atoms with Gasteiger partial charge in [0.1, 0.15) is 0 Å². The summed E-state index contributed by atoms with van der Waals surface area (Å²) in [7, 11) is 1.77. The van der Waals surface area contributed by atoms with Gasteiger partial charge in [0.05, 0.1) is 11.3 Å². The van der Waals surface area contributed by atoms with Crippen LogP contribution in [0.3, 0.4) is 0 Å². The molecular weight excluding hydrogens is 298 g/mol. The van der Waals surface area contributed by atoms with Crippen molar-refractivity contribution in [2.24, 2.45) is 7.05 Å². The molecule has 1 aromatic carbocycles. The van der Waals surface area contributed by atoms with E-state index in [9.17, 15) is 4.79 Å².